The lowest BCUT2D eigenvalue weighted by Crippen LogP contribution is -2.33. The zero-order valence-electron chi connectivity index (χ0n) is 18.0. The third kappa shape index (κ3) is 7.02. The van der Waals surface area contributed by atoms with E-state index in [0.29, 0.717) is 23.7 Å². The number of alkyl carbamates (subject to hydrolysis) is 1. The van der Waals surface area contributed by atoms with E-state index in [4.69, 9.17) is 9.15 Å². The summed E-state index contributed by atoms with van der Waals surface area (Å²) < 4.78 is 10.7. The second-order valence-corrected chi connectivity index (χ2v) is 8.05. The number of carbonyl (C=O) groups excluding carboxylic acids is 1. The average molecular weight is 419 g/mol. The van der Waals surface area contributed by atoms with Crippen LogP contribution < -0.4 is 10.6 Å². The maximum absolute atomic E-state index is 11.6. The van der Waals surface area contributed by atoms with Gasteiger partial charge in [-0.05, 0) is 53.0 Å². The summed E-state index contributed by atoms with van der Waals surface area (Å²) in [4.78, 5) is 22.7. The number of ether oxygens (including phenoxy) is 1. The molecular weight excluding hydrogens is 390 g/mol. The van der Waals surface area contributed by atoms with E-state index in [1.165, 1.54) is 6.07 Å². The normalized spacial score (nSPS) is 12.3. The topological polar surface area (TPSA) is 132 Å². The Labute approximate surface area is 175 Å². The Hall–Kier alpha value is -3.17. The molecule has 0 radical (unpaired) electrons. The standard InChI is InChI=1S/C20H29N5O5/c1-13(9-6-7-12-21-19(26)30-20(3,4)5)22-17-15(18-24-23-14(2)29-18)10-8-11-16(17)25(27)28/h8,10-11,13,22H,6-7,9,12H2,1-5H3,(H,21,26). The Morgan fingerprint density at radius 2 is 2.03 bits per heavy atom. The van der Waals surface area contributed by atoms with E-state index >= 15 is 0 Å². The molecule has 1 unspecified atom stereocenters. The fourth-order valence-electron chi connectivity index (χ4n) is 2.83. The van der Waals surface area contributed by atoms with Gasteiger partial charge in [0, 0.05) is 25.6 Å². The van der Waals surface area contributed by atoms with Crippen molar-refractivity contribution in [3.63, 3.8) is 0 Å². The number of para-hydroxylation sites is 1. The maximum atomic E-state index is 11.6. The van der Waals surface area contributed by atoms with Crippen LogP contribution in [-0.4, -0.2) is 39.4 Å². The molecule has 164 valence electrons. The first-order valence-corrected chi connectivity index (χ1v) is 9.88. The molecule has 0 saturated carbocycles. The molecular formula is C20H29N5O5. The van der Waals surface area contributed by atoms with E-state index in [2.05, 4.69) is 20.8 Å². The maximum Gasteiger partial charge on any atom is 0.407 e. The summed E-state index contributed by atoms with van der Waals surface area (Å²) in [7, 11) is 0. The van der Waals surface area contributed by atoms with Crippen molar-refractivity contribution in [2.45, 2.75) is 65.5 Å². The van der Waals surface area contributed by atoms with Crippen LogP contribution in [-0.2, 0) is 4.74 Å². The van der Waals surface area contributed by atoms with Crippen LogP contribution in [0.3, 0.4) is 0 Å². The average Bonchev–Trinajstić information content (AvgIpc) is 3.06. The van der Waals surface area contributed by atoms with Gasteiger partial charge in [-0.1, -0.05) is 6.07 Å². The van der Waals surface area contributed by atoms with Crippen molar-refractivity contribution in [3.8, 4) is 11.5 Å². The van der Waals surface area contributed by atoms with Gasteiger partial charge >= 0.3 is 6.09 Å². The van der Waals surface area contributed by atoms with E-state index in [0.717, 1.165) is 19.3 Å². The van der Waals surface area contributed by atoms with Crippen molar-refractivity contribution in [1.29, 1.82) is 0 Å². The van der Waals surface area contributed by atoms with E-state index in [-0.39, 0.29) is 17.6 Å². The van der Waals surface area contributed by atoms with Crippen LogP contribution in [0.5, 0.6) is 0 Å². The predicted octanol–water partition coefficient (Wildman–Crippen LogP) is 4.45. The number of aromatic nitrogens is 2. The molecule has 0 fully saturated rings. The monoisotopic (exact) mass is 419 g/mol. The Kier molecular flexibility index (Phi) is 7.73. The minimum absolute atomic E-state index is 0.0459. The van der Waals surface area contributed by atoms with Gasteiger partial charge in [0.2, 0.25) is 11.8 Å². The summed E-state index contributed by atoms with van der Waals surface area (Å²) in [6.07, 6.45) is 1.90. The van der Waals surface area contributed by atoms with Gasteiger partial charge in [0.25, 0.3) is 5.69 Å². The molecule has 1 heterocycles. The number of carbonyl (C=O) groups is 1. The van der Waals surface area contributed by atoms with Gasteiger partial charge in [-0.3, -0.25) is 10.1 Å². The Morgan fingerprint density at radius 1 is 1.30 bits per heavy atom. The second kappa shape index (κ2) is 10.0. The van der Waals surface area contributed by atoms with Gasteiger partial charge in [0.05, 0.1) is 10.5 Å². The highest BCUT2D eigenvalue weighted by Crippen LogP contribution is 2.35. The summed E-state index contributed by atoms with van der Waals surface area (Å²) in [5.74, 6) is 0.612. The smallest absolute Gasteiger partial charge is 0.407 e. The number of aryl methyl sites for hydroxylation is 1. The molecule has 2 aromatic rings. The lowest BCUT2D eigenvalue weighted by molar-refractivity contribution is -0.383. The van der Waals surface area contributed by atoms with Crippen LogP contribution in [0.4, 0.5) is 16.2 Å². The second-order valence-electron chi connectivity index (χ2n) is 8.05. The van der Waals surface area contributed by atoms with Crippen LogP contribution in [0, 0.1) is 17.0 Å². The molecule has 2 N–H and O–H groups in total. The quantitative estimate of drug-likeness (QED) is 0.346. The number of nitrogens with one attached hydrogen (secondary N) is 2. The van der Waals surface area contributed by atoms with Crippen LogP contribution in [0.2, 0.25) is 0 Å². The highest BCUT2D eigenvalue weighted by Gasteiger charge is 2.23. The Balaban J connectivity index is 1.94. The van der Waals surface area contributed by atoms with Crippen molar-refractivity contribution < 1.29 is 18.9 Å². The van der Waals surface area contributed by atoms with Crippen LogP contribution in [0.15, 0.2) is 22.6 Å². The molecule has 1 aromatic carbocycles. The summed E-state index contributed by atoms with van der Waals surface area (Å²) in [6.45, 7) is 9.54. The Bertz CT molecular complexity index is 875. The number of amides is 1. The number of unbranched alkanes of at least 4 members (excludes halogenated alkanes) is 1. The lowest BCUT2D eigenvalue weighted by Gasteiger charge is -2.20. The molecule has 0 aliphatic carbocycles. The van der Waals surface area contributed by atoms with Crippen molar-refractivity contribution in [3.05, 3.63) is 34.2 Å². The number of nitrogens with zero attached hydrogens (tertiary/aromatic N) is 3. The first-order chi connectivity index (χ1) is 14.1. The molecule has 0 aliphatic heterocycles. The van der Waals surface area contributed by atoms with Crippen molar-refractivity contribution in [2.75, 3.05) is 11.9 Å². The van der Waals surface area contributed by atoms with E-state index in [1.54, 1.807) is 19.1 Å². The summed E-state index contributed by atoms with van der Waals surface area (Å²) >= 11 is 0. The molecule has 1 aromatic heterocycles. The van der Waals surface area contributed by atoms with Gasteiger partial charge in [-0.15, -0.1) is 10.2 Å². The van der Waals surface area contributed by atoms with Crippen LogP contribution in [0.1, 0.15) is 52.8 Å². The molecule has 10 nitrogen and oxygen atoms in total. The van der Waals surface area contributed by atoms with Gasteiger partial charge in [0.1, 0.15) is 11.3 Å². The number of hydrogen-bond donors (Lipinski definition) is 2. The molecule has 30 heavy (non-hydrogen) atoms. The van der Waals surface area contributed by atoms with Crippen LogP contribution in [0.25, 0.3) is 11.5 Å². The highest BCUT2D eigenvalue weighted by molar-refractivity contribution is 5.80. The molecule has 2 rings (SSSR count). The fourth-order valence-corrected chi connectivity index (χ4v) is 2.83. The lowest BCUT2D eigenvalue weighted by atomic mass is 10.1. The predicted molar refractivity (Wildman–Crippen MR) is 112 cm³/mol. The number of rotatable bonds is 9. The third-order valence-electron chi connectivity index (χ3n) is 4.12. The van der Waals surface area contributed by atoms with Crippen molar-refractivity contribution in [1.82, 2.24) is 15.5 Å². The molecule has 0 bridgehead atoms. The number of hydrogen-bond acceptors (Lipinski definition) is 8. The van der Waals surface area contributed by atoms with E-state index < -0.39 is 16.6 Å². The number of benzene rings is 1. The molecule has 0 spiro atoms. The SMILES string of the molecule is Cc1nnc(-c2cccc([N+](=O)[O-])c2NC(C)CCCCNC(=O)OC(C)(C)C)o1. The molecule has 0 aliphatic rings. The minimum atomic E-state index is -0.526. The third-order valence-corrected chi connectivity index (χ3v) is 4.12. The largest absolute Gasteiger partial charge is 0.444 e. The summed E-state index contributed by atoms with van der Waals surface area (Å²) in [6, 6.07) is 4.69. The fraction of sp³-hybridized carbons (Fsp3) is 0.550. The highest BCUT2D eigenvalue weighted by atomic mass is 16.6. The molecule has 1 amide bonds. The number of nitro groups is 1. The zero-order valence-corrected chi connectivity index (χ0v) is 18.0. The first kappa shape index (κ1) is 23.1. The summed E-state index contributed by atoms with van der Waals surface area (Å²) in [5.41, 5.74) is 0.261. The van der Waals surface area contributed by atoms with Crippen LogP contribution >= 0.6 is 0 Å². The Morgan fingerprint density at radius 3 is 2.63 bits per heavy atom. The number of anilines is 1. The van der Waals surface area contributed by atoms with Gasteiger partial charge in [-0.2, -0.15) is 0 Å². The number of nitro benzene ring substituents is 1. The van der Waals surface area contributed by atoms with Gasteiger partial charge in [-0.25, -0.2) is 4.79 Å². The van der Waals surface area contributed by atoms with Gasteiger partial charge in [0.15, 0.2) is 0 Å². The molecule has 1 atom stereocenters. The zero-order chi connectivity index (χ0) is 22.3. The molecule has 10 heteroatoms. The summed E-state index contributed by atoms with van der Waals surface area (Å²) in [5, 5.41) is 25.2. The van der Waals surface area contributed by atoms with Gasteiger partial charge < -0.3 is 19.8 Å². The van der Waals surface area contributed by atoms with E-state index in [9.17, 15) is 14.9 Å². The first-order valence-electron chi connectivity index (χ1n) is 9.88. The van der Waals surface area contributed by atoms with Crippen molar-refractivity contribution in [2.24, 2.45) is 0 Å². The minimum Gasteiger partial charge on any atom is -0.444 e. The van der Waals surface area contributed by atoms with E-state index in [1.807, 2.05) is 27.7 Å². The van der Waals surface area contributed by atoms with Crippen molar-refractivity contribution >= 4 is 17.5 Å². The molecule has 0 saturated heterocycles.